The topological polar surface area (TPSA) is 35.6 Å². The zero-order valence-electron chi connectivity index (χ0n) is 11.5. The maximum atomic E-state index is 13.5. The van der Waals surface area contributed by atoms with Gasteiger partial charge in [-0.2, -0.15) is 0 Å². The summed E-state index contributed by atoms with van der Waals surface area (Å²) in [4.78, 5) is 16.5. The lowest BCUT2D eigenvalue weighted by Crippen LogP contribution is -2.46. The molecule has 0 atom stereocenters. The molecule has 1 heterocycles. The summed E-state index contributed by atoms with van der Waals surface area (Å²) in [6.07, 6.45) is 0. The molecule has 0 aromatic heterocycles. The summed E-state index contributed by atoms with van der Waals surface area (Å²) in [5, 5.41) is 2.77. The van der Waals surface area contributed by atoms with Gasteiger partial charge in [0.1, 0.15) is 5.82 Å². The van der Waals surface area contributed by atoms with E-state index in [9.17, 15) is 9.18 Å². The molecule has 1 aliphatic heterocycles. The van der Waals surface area contributed by atoms with Crippen LogP contribution in [0, 0.1) is 5.82 Å². The van der Waals surface area contributed by atoms with Gasteiger partial charge in [-0.3, -0.25) is 9.69 Å². The minimum absolute atomic E-state index is 0.0813. The summed E-state index contributed by atoms with van der Waals surface area (Å²) >= 11 is 3.24. The molecule has 110 valence electrons. The standard InChI is InChI=1S/C14H19BrFN3O/c1-18-6-8-19(9-7-18)5-4-17-14(20)12-10-11(15)2-3-13(12)16/h2-3,10H,4-9H2,1H3,(H,17,20). The maximum absolute atomic E-state index is 13.5. The summed E-state index contributed by atoms with van der Waals surface area (Å²) in [6.45, 7) is 5.46. The number of amides is 1. The number of nitrogens with one attached hydrogen (secondary N) is 1. The molecular formula is C14H19BrFN3O. The molecule has 1 saturated heterocycles. The first-order valence-electron chi connectivity index (χ1n) is 6.70. The van der Waals surface area contributed by atoms with Gasteiger partial charge in [-0.1, -0.05) is 15.9 Å². The Balaban J connectivity index is 1.79. The van der Waals surface area contributed by atoms with Crippen molar-refractivity contribution in [1.82, 2.24) is 15.1 Å². The van der Waals surface area contributed by atoms with Crippen molar-refractivity contribution in [2.24, 2.45) is 0 Å². The van der Waals surface area contributed by atoms with E-state index in [1.165, 1.54) is 12.1 Å². The third-order valence-electron chi connectivity index (χ3n) is 3.48. The second kappa shape index (κ2) is 7.15. The van der Waals surface area contributed by atoms with Gasteiger partial charge < -0.3 is 10.2 Å². The van der Waals surface area contributed by atoms with Gasteiger partial charge in [-0.05, 0) is 25.2 Å². The molecule has 1 aromatic rings. The molecule has 0 unspecified atom stereocenters. The number of hydrogen-bond acceptors (Lipinski definition) is 3. The monoisotopic (exact) mass is 343 g/mol. The van der Waals surface area contributed by atoms with Gasteiger partial charge in [-0.15, -0.1) is 0 Å². The minimum Gasteiger partial charge on any atom is -0.351 e. The average Bonchev–Trinajstić information content (AvgIpc) is 2.43. The van der Waals surface area contributed by atoms with Gasteiger partial charge in [0.2, 0.25) is 0 Å². The van der Waals surface area contributed by atoms with Crippen LogP contribution in [0.1, 0.15) is 10.4 Å². The van der Waals surface area contributed by atoms with Crippen molar-refractivity contribution in [3.63, 3.8) is 0 Å². The summed E-state index contributed by atoms with van der Waals surface area (Å²) in [5.74, 6) is -0.858. The number of hydrogen-bond donors (Lipinski definition) is 1. The fourth-order valence-corrected chi connectivity index (χ4v) is 2.53. The second-order valence-corrected chi connectivity index (χ2v) is 5.94. The van der Waals surface area contributed by atoms with Gasteiger partial charge in [0.15, 0.2) is 0 Å². The van der Waals surface area contributed by atoms with Crippen molar-refractivity contribution in [2.75, 3.05) is 46.3 Å². The highest BCUT2D eigenvalue weighted by Crippen LogP contribution is 2.15. The fraction of sp³-hybridized carbons (Fsp3) is 0.500. The number of halogens is 2. The largest absolute Gasteiger partial charge is 0.351 e. The number of likely N-dealkylation sites (N-methyl/N-ethyl adjacent to an activating group) is 1. The molecule has 0 saturated carbocycles. The van der Waals surface area contributed by atoms with E-state index in [-0.39, 0.29) is 11.5 Å². The van der Waals surface area contributed by atoms with E-state index in [2.05, 4.69) is 38.1 Å². The number of carbonyl (C=O) groups excluding carboxylic acids is 1. The lowest BCUT2D eigenvalue weighted by molar-refractivity contribution is 0.0937. The second-order valence-electron chi connectivity index (χ2n) is 5.02. The highest BCUT2D eigenvalue weighted by molar-refractivity contribution is 9.10. The minimum atomic E-state index is -0.495. The van der Waals surface area contributed by atoms with Gasteiger partial charge >= 0.3 is 0 Å². The summed E-state index contributed by atoms with van der Waals surface area (Å²) in [6, 6.07) is 4.37. The van der Waals surface area contributed by atoms with E-state index in [1.54, 1.807) is 6.07 Å². The molecule has 0 spiro atoms. The lowest BCUT2D eigenvalue weighted by atomic mass is 10.2. The van der Waals surface area contributed by atoms with Crippen molar-refractivity contribution in [3.05, 3.63) is 34.1 Å². The highest BCUT2D eigenvalue weighted by atomic mass is 79.9. The molecule has 1 fully saturated rings. The van der Waals surface area contributed by atoms with Gasteiger partial charge in [0, 0.05) is 43.7 Å². The van der Waals surface area contributed by atoms with E-state index in [0.717, 1.165) is 32.7 Å². The Morgan fingerprint density at radius 3 is 2.75 bits per heavy atom. The zero-order chi connectivity index (χ0) is 14.5. The summed E-state index contributed by atoms with van der Waals surface area (Å²) < 4.78 is 14.2. The molecule has 0 bridgehead atoms. The Bertz CT molecular complexity index is 475. The molecule has 1 aliphatic rings. The van der Waals surface area contributed by atoms with E-state index < -0.39 is 5.82 Å². The third kappa shape index (κ3) is 4.26. The van der Waals surface area contributed by atoms with E-state index in [0.29, 0.717) is 11.0 Å². The third-order valence-corrected chi connectivity index (χ3v) is 3.98. The van der Waals surface area contributed by atoms with Gasteiger partial charge in [0.05, 0.1) is 5.56 Å². The van der Waals surface area contributed by atoms with Crippen molar-refractivity contribution >= 4 is 21.8 Å². The molecule has 1 N–H and O–H groups in total. The van der Waals surface area contributed by atoms with Crippen molar-refractivity contribution < 1.29 is 9.18 Å². The van der Waals surface area contributed by atoms with E-state index >= 15 is 0 Å². The van der Waals surface area contributed by atoms with Crippen LogP contribution in [-0.2, 0) is 0 Å². The smallest absolute Gasteiger partial charge is 0.254 e. The van der Waals surface area contributed by atoms with E-state index in [4.69, 9.17) is 0 Å². The normalized spacial score (nSPS) is 17.1. The number of piperazine rings is 1. The first-order valence-corrected chi connectivity index (χ1v) is 7.50. The van der Waals surface area contributed by atoms with Crippen LogP contribution < -0.4 is 5.32 Å². The Morgan fingerprint density at radius 2 is 2.05 bits per heavy atom. The SMILES string of the molecule is CN1CCN(CCNC(=O)c2cc(Br)ccc2F)CC1. The zero-order valence-corrected chi connectivity index (χ0v) is 13.1. The van der Waals surface area contributed by atoms with Crippen LogP contribution >= 0.6 is 15.9 Å². The van der Waals surface area contributed by atoms with Crippen LogP contribution in [0.4, 0.5) is 4.39 Å². The lowest BCUT2D eigenvalue weighted by Gasteiger charge is -2.32. The molecule has 0 aliphatic carbocycles. The quantitative estimate of drug-likeness (QED) is 0.901. The van der Waals surface area contributed by atoms with Crippen molar-refractivity contribution in [3.8, 4) is 0 Å². The maximum Gasteiger partial charge on any atom is 0.254 e. The van der Waals surface area contributed by atoms with Crippen molar-refractivity contribution in [1.29, 1.82) is 0 Å². The first-order chi connectivity index (χ1) is 9.56. The van der Waals surface area contributed by atoms with Gasteiger partial charge in [0.25, 0.3) is 5.91 Å². The Hall–Kier alpha value is -0.980. The summed E-state index contributed by atoms with van der Waals surface area (Å²) in [7, 11) is 2.11. The van der Waals surface area contributed by atoms with Crippen LogP contribution in [0.5, 0.6) is 0 Å². The van der Waals surface area contributed by atoms with Crippen LogP contribution in [0.2, 0.25) is 0 Å². The highest BCUT2D eigenvalue weighted by Gasteiger charge is 2.15. The van der Waals surface area contributed by atoms with Gasteiger partial charge in [-0.25, -0.2) is 4.39 Å². The number of rotatable bonds is 4. The average molecular weight is 344 g/mol. The molecule has 4 nitrogen and oxygen atoms in total. The molecule has 1 amide bonds. The first kappa shape index (κ1) is 15.4. The molecule has 2 rings (SSSR count). The molecule has 20 heavy (non-hydrogen) atoms. The number of carbonyl (C=O) groups is 1. The molecule has 1 aromatic carbocycles. The molecule has 6 heteroatoms. The molecular weight excluding hydrogens is 325 g/mol. The van der Waals surface area contributed by atoms with E-state index in [1.807, 2.05) is 0 Å². The van der Waals surface area contributed by atoms with Crippen molar-refractivity contribution in [2.45, 2.75) is 0 Å². The fourth-order valence-electron chi connectivity index (χ4n) is 2.17. The predicted octanol–water partition coefficient (Wildman–Crippen LogP) is 1.57. The van der Waals surface area contributed by atoms with Crippen LogP contribution in [0.3, 0.4) is 0 Å². The Kier molecular flexibility index (Phi) is 5.51. The number of benzene rings is 1. The Labute approximate surface area is 127 Å². The van der Waals surface area contributed by atoms with Crippen LogP contribution in [-0.4, -0.2) is 62.0 Å². The van der Waals surface area contributed by atoms with Crippen LogP contribution in [0.25, 0.3) is 0 Å². The Morgan fingerprint density at radius 1 is 1.35 bits per heavy atom. The number of nitrogens with zero attached hydrogens (tertiary/aromatic N) is 2. The molecule has 0 radical (unpaired) electrons. The predicted molar refractivity (Wildman–Crippen MR) is 80.4 cm³/mol. The summed E-state index contributed by atoms with van der Waals surface area (Å²) in [5.41, 5.74) is 0.0813. The van der Waals surface area contributed by atoms with Crippen LogP contribution in [0.15, 0.2) is 22.7 Å².